The maximum Gasteiger partial charge on any atom is 0.171 e. The van der Waals surface area contributed by atoms with E-state index in [4.69, 9.17) is 11.6 Å². The van der Waals surface area contributed by atoms with Crippen molar-refractivity contribution in [3.63, 3.8) is 0 Å². The Morgan fingerprint density at radius 3 is 2.93 bits per heavy atom. The SMILES string of the molecule is Cc1nnn(Cc2cccc(Cl)c2)n1. The molecule has 0 amide bonds. The van der Waals surface area contributed by atoms with Crippen LogP contribution >= 0.6 is 11.6 Å². The lowest BCUT2D eigenvalue weighted by Gasteiger charge is -1.99. The number of hydrogen-bond acceptors (Lipinski definition) is 3. The molecule has 0 aliphatic rings. The molecule has 0 unspecified atom stereocenters. The second-order valence-corrected chi connectivity index (χ2v) is 3.43. The van der Waals surface area contributed by atoms with Gasteiger partial charge in [-0.25, -0.2) is 0 Å². The number of aromatic nitrogens is 4. The Balaban J connectivity index is 2.18. The Morgan fingerprint density at radius 2 is 2.29 bits per heavy atom. The van der Waals surface area contributed by atoms with Gasteiger partial charge in [-0.05, 0) is 29.8 Å². The van der Waals surface area contributed by atoms with Crippen LogP contribution in [-0.4, -0.2) is 20.2 Å². The molecule has 14 heavy (non-hydrogen) atoms. The molecule has 0 saturated carbocycles. The molecule has 0 atom stereocenters. The van der Waals surface area contributed by atoms with E-state index in [1.165, 1.54) is 0 Å². The lowest BCUT2D eigenvalue weighted by Crippen LogP contribution is -2.03. The van der Waals surface area contributed by atoms with Gasteiger partial charge in [0.1, 0.15) is 0 Å². The first-order chi connectivity index (χ1) is 6.74. The van der Waals surface area contributed by atoms with E-state index in [2.05, 4.69) is 15.4 Å². The van der Waals surface area contributed by atoms with Crippen LogP contribution in [0.3, 0.4) is 0 Å². The lowest BCUT2D eigenvalue weighted by atomic mass is 10.2. The molecule has 2 aromatic rings. The Morgan fingerprint density at radius 1 is 1.43 bits per heavy atom. The molecule has 0 saturated heterocycles. The third-order valence-corrected chi connectivity index (χ3v) is 2.00. The predicted molar refractivity (Wildman–Crippen MR) is 53.1 cm³/mol. The maximum atomic E-state index is 5.85. The number of benzene rings is 1. The molecule has 0 N–H and O–H groups in total. The first-order valence-electron chi connectivity index (χ1n) is 4.23. The summed E-state index contributed by atoms with van der Waals surface area (Å²) >= 11 is 5.85. The Labute approximate surface area is 86.5 Å². The minimum atomic E-state index is 0.599. The molecule has 0 spiro atoms. The van der Waals surface area contributed by atoms with Crippen LogP contribution in [0.1, 0.15) is 11.4 Å². The molecule has 72 valence electrons. The van der Waals surface area contributed by atoms with Gasteiger partial charge < -0.3 is 0 Å². The van der Waals surface area contributed by atoms with Crippen molar-refractivity contribution in [1.82, 2.24) is 20.2 Å². The van der Waals surface area contributed by atoms with E-state index >= 15 is 0 Å². The molecule has 4 nitrogen and oxygen atoms in total. The molecular formula is C9H9ClN4. The van der Waals surface area contributed by atoms with Gasteiger partial charge in [0.2, 0.25) is 0 Å². The van der Waals surface area contributed by atoms with Gasteiger partial charge in [0.15, 0.2) is 5.82 Å². The normalized spacial score (nSPS) is 10.4. The quantitative estimate of drug-likeness (QED) is 0.754. The topological polar surface area (TPSA) is 43.6 Å². The number of rotatable bonds is 2. The van der Waals surface area contributed by atoms with Gasteiger partial charge in [0.05, 0.1) is 6.54 Å². The van der Waals surface area contributed by atoms with E-state index < -0.39 is 0 Å². The van der Waals surface area contributed by atoms with Crippen molar-refractivity contribution in [1.29, 1.82) is 0 Å². The summed E-state index contributed by atoms with van der Waals surface area (Å²) in [6.45, 7) is 2.41. The lowest BCUT2D eigenvalue weighted by molar-refractivity contribution is 0.571. The van der Waals surface area contributed by atoms with Gasteiger partial charge in [0, 0.05) is 5.02 Å². The van der Waals surface area contributed by atoms with Crippen molar-refractivity contribution in [2.45, 2.75) is 13.5 Å². The van der Waals surface area contributed by atoms with Gasteiger partial charge >= 0.3 is 0 Å². The zero-order valence-corrected chi connectivity index (χ0v) is 8.44. The van der Waals surface area contributed by atoms with Crippen molar-refractivity contribution < 1.29 is 0 Å². The summed E-state index contributed by atoms with van der Waals surface area (Å²) in [4.78, 5) is 1.54. The summed E-state index contributed by atoms with van der Waals surface area (Å²) < 4.78 is 0. The highest BCUT2D eigenvalue weighted by atomic mass is 35.5. The third kappa shape index (κ3) is 2.09. The molecular weight excluding hydrogens is 200 g/mol. The fourth-order valence-electron chi connectivity index (χ4n) is 1.19. The van der Waals surface area contributed by atoms with Crippen LogP contribution in [0, 0.1) is 6.92 Å². The summed E-state index contributed by atoms with van der Waals surface area (Å²) in [6, 6.07) is 7.61. The standard InChI is InChI=1S/C9H9ClN4/c1-7-11-13-14(12-7)6-8-3-2-4-9(10)5-8/h2-5H,6H2,1H3. The molecule has 0 bridgehead atoms. The van der Waals surface area contributed by atoms with Crippen LogP contribution in [0.15, 0.2) is 24.3 Å². The molecule has 1 aromatic carbocycles. The second kappa shape index (κ2) is 3.75. The van der Waals surface area contributed by atoms with Gasteiger partial charge in [-0.1, -0.05) is 23.7 Å². The largest absolute Gasteiger partial charge is 0.171 e. The predicted octanol–water partition coefficient (Wildman–Crippen LogP) is 1.68. The summed E-state index contributed by atoms with van der Waals surface area (Å²) in [5.74, 6) is 0.673. The smallest absolute Gasteiger partial charge is 0.160 e. The van der Waals surface area contributed by atoms with Crippen molar-refractivity contribution in [3.05, 3.63) is 40.7 Å². The molecule has 1 heterocycles. The zero-order chi connectivity index (χ0) is 9.97. The number of halogens is 1. The first kappa shape index (κ1) is 9.15. The summed E-state index contributed by atoms with van der Waals surface area (Å²) in [5.41, 5.74) is 1.06. The third-order valence-electron chi connectivity index (χ3n) is 1.77. The molecule has 2 rings (SSSR count). The Bertz CT molecular complexity index is 438. The van der Waals surface area contributed by atoms with Gasteiger partial charge in [-0.2, -0.15) is 4.80 Å². The summed E-state index contributed by atoms with van der Waals surface area (Å²) in [7, 11) is 0. The fourth-order valence-corrected chi connectivity index (χ4v) is 1.40. The van der Waals surface area contributed by atoms with Crippen LogP contribution in [0.2, 0.25) is 5.02 Å². The van der Waals surface area contributed by atoms with Crippen molar-refractivity contribution in [2.75, 3.05) is 0 Å². The molecule has 5 heteroatoms. The fraction of sp³-hybridized carbons (Fsp3) is 0.222. The van der Waals surface area contributed by atoms with Crippen LogP contribution in [-0.2, 0) is 6.54 Å². The van der Waals surface area contributed by atoms with Crippen molar-refractivity contribution in [3.8, 4) is 0 Å². The highest BCUT2D eigenvalue weighted by Crippen LogP contribution is 2.10. The summed E-state index contributed by atoms with van der Waals surface area (Å²) in [6.07, 6.45) is 0. The van der Waals surface area contributed by atoms with Gasteiger partial charge in [-0.15, -0.1) is 10.2 Å². The van der Waals surface area contributed by atoms with Crippen LogP contribution in [0.5, 0.6) is 0 Å². The first-order valence-corrected chi connectivity index (χ1v) is 4.61. The monoisotopic (exact) mass is 208 g/mol. The Hall–Kier alpha value is -1.42. The molecule has 0 radical (unpaired) electrons. The van der Waals surface area contributed by atoms with Crippen LogP contribution in [0.25, 0.3) is 0 Å². The van der Waals surface area contributed by atoms with E-state index in [-0.39, 0.29) is 0 Å². The maximum absolute atomic E-state index is 5.85. The molecule has 1 aromatic heterocycles. The minimum Gasteiger partial charge on any atom is -0.160 e. The van der Waals surface area contributed by atoms with Gasteiger partial charge in [-0.3, -0.25) is 0 Å². The zero-order valence-electron chi connectivity index (χ0n) is 7.68. The molecule has 0 aliphatic heterocycles. The van der Waals surface area contributed by atoms with Gasteiger partial charge in [0.25, 0.3) is 0 Å². The van der Waals surface area contributed by atoms with Crippen LogP contribution < -0.4 is 0 Å². The van der Waals surface area contributed by atoms with Crippen molar-refractivity contribution >= 4 is 11.6 Å². The highest BCUT2D eigenvalue weighted by Gasteiger charge is 1.99. The highest BCUT2D eigenvalue weighted by molar-refractivity contribution is 6.30. The average Bonchev–Trinajstić information content (AvgIpc) is 2.51. The minimum absolute atomic E-state index is 0.599. The number of nitrogens with zero attached hydrogens (tertiary/aromatic N) is 4. The van der Waals surface area contributed by atoms with E-state index in [9.17, 15) is 0 Å². The van der Waals surface area contributed by atoms with E-state index in [1.807, 2.05) is 31.2 Å². The van der Waals surface area contributed by atoms with E-state index in [1.54, 1.807) is 4.80 Å². The molecule has 0 fully saturated rings. The Kier molecular flexibility index (Phi) is 2.45. The van der Waals surface area contributed by atoms with Crippen molar-refractivity contribution in [2.24, 2.45) is 0 Å². The number of aryl methyl sites for hydroxylation is 1. The number of tetrazole rings is 1. The van der Waals surface area contributed by atoms with Crippen LogP contribution in [0.4, 0.5) is 0 Å². The van der Waals surface area contributed by atoms with E-state index in [0.29, 0.717) is 12.4 Å². The van der Waals surface area contributed by atoms with E-state index in [0.717, 1.165) is 10.6 Å². The average molecular weight is 209 g/mol. The number of hydrogen-bond donors (Lipinski definition) is 0. The molecule has 0 aliphatic carbocycles. The second-order valence-electron chi connectivity index (χ2n) is 3.00. The summed E-state index contributed by atoms with van der Waals surface area (Å²) in [5, 5.41) is 12.5.